The lowest BCUT2D eigenvalue weighted by atomic mass is 10.1. The minimum absolute atomic E-state index is 0.0890. The maximum absolute atomic E-state index is 8.95. The number of anilines is 1. The predicted octanol–water partition coefficient (Wildman–Crippen LogP) is 2.59. The number of hydrogen-bond donors (Lipinski definition) is 2. The van der Waals surface area contributed by atoms with Gasteiger partial charge in [-0.1, -0.05) is 35.5 Å². The molecule has 0 saturated heterocycles. The Morgan fingerprint density at radius 1 is 1.29 bits per heavy atom. The lowest BCUT2D eigenvalue weighted by Crippen LogP contribution is -2.32. The summed E-state index contributed by atoms with van der Waals surface area (Å²) in [5, 5.41) is 12.1. The van der Waals surface area contributed by atoms with Gasteiger partial charge in [0.2, 0.25) is 0 Å². The van der Waals surface area contributed by atoms with E-state index >= 15 is 0 Å². The Bertz CT molecular complexity index is 611. The molecule has 0 fully saturated rings. The van der Waals surface area contributed by atoms with Crippen LogP contribution in [0.25, 0.3) is 0 Å². The quantitative estimate of drug-likeness (QED) is 0.383. The fourth-order valence-electron chi connectivity index (χ4n) is 2.21. The van der Waals surface area contributed by atoms with Crippen molar-refractivity contribution in [1.82, 2.24) is 4.98 Å². The van der Waals surface area contributed by atoms with Crippen molar-refractivity contribution >= 4 is 11.5 Å². The molecule has 1 heterocycles. The highest BCUT2D eigenvalue weighted by atomic mass is 16.4. The molecule has 5 nitrogen and oxygen atoms in total. The molecule has 3 N–H and O–H groups in total. The topological polar surface area (TPSA) is 74.7 Å². The summed E-state index contributed by atoms with van der Waals surface area (Å²) in [5.41, 5.74) is 8.50. The van der Waals surface area contributed by atoms with E-state index in [0.29, 0.717) is 5.56 Å². The van der Waals surface area contributed by atoms with Crippen LogP contribution in [0.15, 0.2) is 53.9 Å². The molecule has 0 bridgehead atoms. The van der Waals surface area contributed by atoms with E-state index in [-0.39, 0.29) is 11.9 Å². The van der Waals surface area contributed by atoms with Gasteiger partial charge in [-0.2, -0.15) is 0 Å². The number of benzene rings is 1. The van der Waals surface area contributed by atoms with Gasteiger partial charge in [-0.15, -0.1) is 0 Å². The highest BCUT2D eigenvalue weighted by Gasteiger charge is 2.17. The van der Waals surface area contributed by atoms with Gasteiger partial charge in [0, 0.05) is 24.3 Å². The first-order valence-electron chi connectivity index (χ1n) is 6.86. The second kappa shape index (κ2) is 6.74. The van der Waals surface area contributed by atoms with Crippen LogP contribution in [0, 0.1) is 0 Å². The number of pyridine rings is 1. The van der Waals surface area contributed by atoms with Crippen LogP contribution >= 0.6 is 0 Å². The number of hydrogen-bond acceptors (Lipinski definition) is 4. The molecule has 0 unspecified atom stereocenters. The Kier molecular flexibility index (Phi) is 4.77. The van der Waals surface area contributed by atoms with Gasteiger partial charge in [0.15, 0.2) is 5.84 Å². The van der Waals surface area contributed by atoms with Gasteiger partial charge >= 0.3 is 0 Å². The zero-order valence-electron chi connectivity index (χ0n) is 12.3. The van der Waals surface area contributed by atoms with Crippen LogP contribution in [0.4, 0.5) is 5.69 Å². The van der Waals surface area contributed by atoms with E-state index in [4.69, 9.17) is 10.9 Å². The molecule has 0 radical (unpaired) electrons. The molecular formula is C16H20N4O. The van der Waals surface area contributed by atoms with Crippen LogP contribution < -0.4 is 10.6 Å². The summed E-state index contributed by atoms with van der Waals surface area (Å²) >= 11 is 0. The molecule has 5 heteroatoms. The first-order valence-corrected chi connectivity index (χ1v) is 6.86. The lowest BCUT2D eigenvalue weighted by Gasteiger charge is -2.30. The summed E-state index contributed by atoms with van der Waals surface area (Å²) in [4.78, 5) is 6.35. The van der Waals surface area contributed by atoms with Crippen LogP contribution in [0.5, 0.6) is 0 Å². The summed E-state index contributed by atoms with van der Waals surface area (Å²) in [6, 6.07) is 12.2. The molecule has 0 amide bonds. The van der Waals surface area contributed by atoms with E-state index in [0.717, 1.165) is 12.2 Å². The van der Waals surface area contributed by atoms with Gasteiger partial charge in [-0.05, 0) is 25.5 Å². The SMILES string of the molecule is CC(C)N(Cc1ccccc1)c1cnccc1/C(N)=N/O. The first-order chi connectivity index (χ1) is 10.1. The number of nitrogens with zero attached hydrogens (tertiary/aromatic N) is 3. The summed E-state index contributed by atoms with van der Waals surface area (Å²) in [6.45, 7) is 4.94. The van der Waals surface area contributed by atoms with E-state index in [1.807, 2.05) is 18.2 Å². The first kappa shape index (κ1) is 14.8. The van der Waals surface area contributed by atoms with Crippen molar-refractivity contribution < 1.29 is 5.21 Å². The summed E-state index contributed by atoms with van der Waals surface area (Å²) in [7, 11) is 0. The maximum atomic E-state index is 8.95. The molecular weight excluding hydrogens is 264 g/mol. The van der Waals surface area contributed by atoms with Gasteiger partial charge in [0.05, 0.1) is 11.9 Å². The zero-order valence-corrected chi connectivity index (χ0v) is 12.3. The van der Waals surface area contributed by atoms with E-state index < -0.39 is 0 Å². The fourth-order valence-corrected chi connectivity index (χ4v) is 2.21. The Morgan fingerprint density at radius 2 is 2.00 bits per heavy atom. The van der Waals surface area contributed by atoms with Crippen molar-refractivity contribution in [3.8, 4) is 0 Å². The normalized spacial score (nSPS) is 11.7. The highest BCUT2D eigenvalue weighted by molar-refractivity contribution is 6.02. The Morgan fingerprint density at radius 3 is 2.62 bits per heavy atom. The van der Waals surface area contributed by atoms with Crippen LogP contribution in [-0.4, -0.2) is 22.1 Å². The zero-order chi connectivity index (χ0) is 15.2. The number of nitrogens with two attached hydrogens (primary N) is 1. The van der Waals surface area contributed by atoms with Crippen molar-refractivity contribution in [3.63, 3.8) is 0 Å². The van der Waals surface area contributed by atoms with Gasteiger partial charge < -0.3 is 15.8 Å². The van der Waals surface area contributed by atoms with Crippen LogP contribution in [0.2, 0.25) is 0 Å². The van der Waals surface area contributed by atoms with Gasteiger partial charge in [0.1, 0.15) is 0 Å². The lowest BCUT2D eigenvalue weighted by molar-refractivity contribution is 0.318. The summed E-state index contributed by atoms with van der Waals surface area (Å²) in [6.07, 6.45) is 3.38. The molecule has 2 aromatic rings. The van der Waals surface area contributed by atoms with Crippen molar-refractivity contribution in [1.29, 1.82) is 0 Å². The minimum Gasteiger partial charge on any atom is -0.409 e. The molecule has 0 saturated carbocycles. The predicted molar refractivity (Wildman–Crippen MR) is 84.5 cm³/mol. The molecule has 0 atom stereocenters. The van der Waals surface area contributed by atoms with Crippen LogP contribution in [0.3, 0.4) is 0 Å². The van der Waals surface area contributed by atoms with Gasteiger partial charge in [-0.3, -0.25) is 4.98 Å². The van der Waals surface area contributed by atoms with Crippen LogP contribution in [0.1, 0.15) is 25.0 Å². The van der Waals surface area contributed by atoms with Crippen molar-refractivity contribution in [2.75, 3.05) is 4.90 Å². The van der Waals surface area contributed by atoms with Crippen molar-refractivity contribution in [3.05, 3.63) is 59.9 Å². The minimum atomic E-state index is 0.0890. The average Bonchev–Trinajstić information content (AvgIpc) is 2.52. The molecule has 1 aromatic heterocycles. The molecule has 21 heavy (non-hydrogen) atoms. The Labute approximate surface area is 124 Å². The summed E-state index contributed by atoms with van der Waals surface area (Å²) < 4.78 is 0. The standard InChI is InChI=1S/C16H20N4O/c1-12(2)20(11-13-6-4-3-5-7-13)15-10-18-9-8-14(15)16(17)19-21/h3-10,12,21H,11H2,1-2H3,(H2,17,19). The smallest absolute Gasteiger partial charge is 0.172 e. The van der Waals surface area contributed by atoms with Gasteiger partial charge in [-0.25, -0.2) is 0 Å². The third kappa shape index (κ3) is 3.51. The fraction of sp³-hybridized carbons (Fsp3) is 0.250. The number of oxime groups is 1. The largest absolute Gasteiger partial charge is 0.409 e. The van der Waals surface area contributed by atoms with Crippen molar-refractivity contribution in [2.45, 2.75) is 26.4 Å². The molecule has 0 spiro atoms. The third-order valence-corrected chi connectivity index (χ3v) is 3.31. The van der Waals surface area contributed by atoms with Gasteiger partial charge in [0.25, 0.3) is 0 Å². The molecule has 1 aromatic carbocycles. The molecule has 2 rings (SSSR count). The summed E-state index contributed by atoms with van der Waals surface area (Å²) in [5.74, 6) is 0.0890. The van der Waals surface area contributed by atoms with E-state index in [2.05, 4.69) is 41.0 Å². The van der Waals surface area contributed by atoms with Crippen molar-refractivity contribution in [2.24, 2.45) is 10.9 Å². The number of rotatable bonds is 5. The number of aromatic nitrogens is 1. The number of amidine groups is 1. The Balaban J connectivity index is 2.40. The average molecular weight is 284 g/mol. The second-order valence-electron chi connectivity index (χ2n) is 5.09. The maximum Gasteiger partial charge on any atom is 0.172 e. The van der Waals surface area contributed by atoms with E-state index in [1.54, 1.807) is 18.5 Å². The highest BCUT2D eigenvalue weighted by Crippen LogP contribution is 2.23. The molecule has 0 aliphatic heterocycles. The van der Waals surface area contributed by atoms with Crippen LogP contribution in [-0.2, 0) is 6.54 Å². The Hall–Kier alpha value is -2.56. The van der Waals surface area contributed by atoms with E-state index in [1.165, 1.54) is 5.56 Å². The molecule has 0 aliphatic carbocycles. The monoisotopic (exact) mass is 284 g/mol. The second-order valence-corrected chi connectivity index (χ2v) is 5.09. The molecule has 0 aliphatic rings. The third-order valence-electron chi connectivity index (χ3n) is 3.31. The van der Waals surface area contributed by atoms with E-state index in [9.17, 15) is 0 Å². The molecule has 110 valence electrons.